The summed E-state index contributed by atoms with van der Waals surface area (Å²) in [5.41, 5.74) is 3.56. The van der Waals surface area contributed by atoms with Crippen molar-refractivity contribution in [2.24, 2.45) is 0 Å². The van der Waals surface area contributed by atoms with Gasteiger partial charge in [0, 0.05) is 36.4 Å². The number of nitrogens with zero attached hydrogens (tertiary/aromatic N) is 1. The van der Waals surface area contributed by atoms with Crippen molar-refractivity contribution in [3.8, 4) is 0 Å². The highest BCUT2D eigenvalue weighted by molar-refractivity contribution is 6.11. The number of unbranched alkanes of at least 4 members (excludes halogenated alkanes) is 1. The van der Waals surface area contributed by atoms with Crippen molar-refractivity contribution < 1.29 is 14.3 Å². The van der Waals surface area contributed by atoms with E-state index in [4.69, 9.17) is 4.74 Å². The molecular formula is C18H21NO3. The molecule has 3 rings (SSSR count). The van der Waals surface area contributed by atoms with Crippen LogP contribution >= 0.6 is 0 Å². The molecule has 116 valence electrons. The molecule has 3 aliphatic rings. The van der Waals surface area contributed by atoms with Gasteiger partial charge in [-0.05, 0) is 50.3 Å². The molecule has 4 heteroatoms. The Bertz CT molecular complexity index is 637. The number of carbonyl (C=O) groups is 2. The van der Waals surface area contributed by atoms with Crippen molar-refractivity contribution in [2.75, 3.05) is 13.1 Å². The Balaban J connectivity index is 1.54. The third kappa shape index (κ3) is 2.78. The van der Waals surface area contributed by atoms with E-state index in [1.165, 1.54) is 5.70 Å². The zero-order valence-corrected chi connectivity index (χ0v) is 13.0. The summed E-state index contributed by atoms with van der Waals surface area (Å²) in [5.74, 6) is 0.575. The van der Waals surface area contributed by atoms with Crippen LogP contribution in [0.3, 0.4) is 0 Å². The topological polar surface area (TPSA) is 46.6 Å². The van der Waals surface area contributed by atoms with E-state index in [2.05, 4.69) is 11.5 Å². The van der Waals surface area contributed by atoms with E-state index in [0.717, 1.165) is 56.3 Å². The third-order valence-electron chi connectivity index (χ3n) is 4.43. The second-order valence-electron chi connectivity index (χ2n) is 6.09. The van der Waals surface area contributed by atoms with Crippen LogP contribution in [0.15, 0.2) is 46.9 Å². The quantitative estimate of drug-likeness (QED) is 0.455. The molecule has 0 radical (unpaired) electrons. The molecule has 0 N–H and O–H groups in total. The predicted molar refractivity (Wildman–Crippen MR) is 83.8 cm³/mol. The minimum absolute atomic E-state index is 0.167. The van der Waals surface area contributed by atoms with Crippen molar-refractivity contribution in [1.29, 1.82) is 0 Å². The molecule has 1 aliphatic carbocycles. The molecule has 0 aromatic rings. The van der Waals surface area contributed by atoms with Crippen LogP contribution in [-0.2, 0) is 14.3 Å². The Morgan fingerprint density at radius 2 is 2.23 bits per heavy atom. The number of cyclic esters (lactones) is 1. The molecule has 0 aromatic carbocycles. The Hall–Kier alpha value is -2.10. The molecular weight excluding hydrogens is 278 g/mol. The molecule has 0 bridgehead atoms. The monoisotopic (exact) mass is 299 g/mol. The molecule has 0 atom stereocenters. The lowest BCUT2D eigenvalue weighted by molar-refractivity contribution is -0.133. The Morgan fingerprint density at radius 1 is 1.41 bits per heavy atom. The zero-order chi connectivity index (χ0) is 15.7. The van der Waals surface area contributed by atoms with Gasteiger partial charge in [-0.2, -0.15) is 0 Å². The van der Waals surface area contributed by atoms with Gasteiger partial charge >= 0.3 is 5.97 Å². The average molecular weight is 299 g/mol. The molecule has 4 nitrogen and oxygen atoms in total. The number of rotatable bonds is 4. The normalized spacial score (nSPS) is 23.3. The zero-order valence-electron chi connectivity index (χ0n) is 13.0. The summed E-state index contributed by atoms with van der Waals surface area (Å²) < 4.78 is 5.11. The van der Waals surface area contributed by atoms with E-state index in [9.17, 15) is 9.59 Å². The number of Topliss-reactive ketones (excluding diaryl/α,β-unsaturated/α-hetero) is 1. The van der Waals surface area contributed by atoms with Gasteiger partial charge in [-0.3, -0.25) is 4.79 Å². The first-order valence-electron chi connectivity index (χ1n) is 7.86. The van der Waals surface area contributed by atoms with Gasteiger partial charge in [0.25, 0.3) is 0 Å². The van der Waals surface area contributed by atoms with E-state index in [0.29, 0.717) is 11.3 Å². The molecule has 2 heterocycles. The standard InChI is InChI=1S/C18H21NO3/c1-12-11-16-15(17(12)20)7-5-9-19(16)8-4-3-6-14-10-13(2)18(21)22-14/h6,10H,1,3-5,7-9,11H2,2H3. The summed E-state index contributed by atoms with van der Waals surface area (Å²) in [7, 11) is 0. The average Bonchev–Trinajstić information content (AvgIpc) is 2.97. The van der Waals surface area contributed by atoms with Crippen molar-refractivity contribution in [3.63, 3.8) is 0 Å². The van der Waals surface area contributed by atoms with Gasteiger partial charge in [0.15, 0.2) is 5.78 Å². The maximum atomic E-state index is 12.0. The number of allylic oxidation sites excluding steroid dienone is 4. The first-order chi connectivity index (χ1) is 10.6. The molecule has 0 saturated carbocycles. The maximum absolute atomic E-state index is 12.0. The Kier molecular flexibility index (Phi) is 4.01. The van der Waals surface area contributed by atoms with Crippen LogP contribution in [0.2, 0.25) is 0 Å². The van der Waals surface area contributed by atoms with Crippen molar-refractivity contribution in [3.05, 3.63) is 46.9 Å². The minimum Gasteiger partial charge on any atom is -0.424 e. The van der Waals surface area contributed by atoms with Gasteiger partial charge in [-0.15, -0.1) is 0 Å². The van der Waals surface area contributed by atoms with Crippen LogP contribution in [0.25, 0.3) is 0 Å². The van der Waals surface area contributed by atoms with E-state index in [-0.39, 0.29) is 11.8 Å². The summed E-state index contributed by atoms with van der Waals surface area (Å²) in [6, 6.07) is 0. The van der Waals surface area contributed by atoms with Gasteiger partial charge in [0.1, 0.15) is 5.76 Å². The molecule has 22 heavy (non-hydrogen) atoms. The molecule has 0 aromatic heterocycles. The predicted octanol–water partition coefficient (Wildman–Crippen LogP) is 3.03. The lowest BCUT2D eigenvalue weighted by atomic mass is 10.0. The van der Waals surface area contributed by atoms with Crippen LogP contribution < -0.4 is 0 Å². The van der Waals surface area contributed by atoms with E-state index in [1.807, 2.05) is 6.08 Å². The van der Waals surface area contributed by atoms with Gasteiger partial charge in [0.05, 0.1) is 0 Å². The van der Waals surface area contributed by atoms with Crippen LogP contribution in [-0.4, -0.2) is 29.7 Å². The smallest absolute Gasteiger partial charge is 0.339 e. The van der Waals surface area contributed by atoms with Gasteiger partial charge in [0.2, 0.25) is 0 Å². The van der Waals surface area contributed by atoms with Gasteiger partial charge in [-0.1, -0.05) is 6.58 Å². The molecule has 2 aliphatic heterocycles. The van der Waals surface area contributed by atoms with Crippen molar-refractivity contribution in [2.45, 2.75) is 39.0 Å². The first kappa shape index (κ1) is 14.8. The van der Waals surface area contributed by atoms with Gasteiger partial charge < -0.3 is 9.64 Å². The number of carbonyl (C=O) groups excluding carboxylic acids is 2. The van der Waals surface area contributed by atoms with E-state index >= 15 is 0 Å². The third-order valence-corrected chi connectivity index (χ3v) is 4.43. The molecule has 0 spiro atoms. The Morgan fingerprint density at radius 3 is 2.95 bits per heavy atom. The molecule has 0 fully saturated rings. The number of ketones is 1. The largest absolute Gasteiger partial charge is 0.424 e. The fraction of sp³-hybridized carbons (Fsp3) is 0.444. The van der Waals surface area contributed by atoms with Crippen LogP contribution in [0, 0.1) is 0 Å². The summed E-state index contributed by atoms with van der Waals surface area (Å²) in [5, 5.41) is 0. The second-order valence-corrected chi connectivity index (χ2v) is 6.09. The summed E-state index contributed by atoms with van der Waals surface area (Å²) >= 11 is 0. The van der Waals surface area contributed by atoms with Crippen LogP contribution in [0.5, 0.6) is 0 Å². The highest BCUT2D eigenvalue weighted by Crippen LogP contribution is 2.35. The first-order valence-corrected chi connectivity index (χ1v) is 7.86. The summed E-state index contributed by atoms with van der Waals surface area (Å²) in [6.45, 7) is 7.58. The van der Waals surface area contributed by atoms with Crippen LogP contribution in [0.1, 0.15) is 39.0 Å². The van der Waals surface area contributed by atoms with Crippen LogP contribution in [0.4, 0.5) is 0 Å². The van der Waals surface area contributed by atoms with Crippen molar-refractivity contribution >= 4 is 11.8 Å². The second kappa shape index (κ2) is 5.95. The molecule has 0 amide bonds. The fourth-order valence-electron chi connectivity index (χ4n) is 3.24. The molecule has 0 unspecified atom stereocenters. The SMILES string of the molecule is C=C1CC2=C(CCCN2CCCC=C2C=C(C)C(=O)O2)C1=O. The molecule has 0 saturated heterocycles. The minimum atomic E-state index is -0.250. The lowest BCUT2D eigenvalue weighted by Crippen LogP contribution is -2.29. The fourth-order valence-corrected chi connectivity index (χ4v) is 3.24. The number of ether oxygens (including phenoxy) is 1. The highest BCUT2D eigenvalue weighted by atomic mass is 16.5. The highest BCUT2D eigenvalue weighted by Gasteiger charge is 2.31. The van der Waals surface area contributed by atoms with E-state index in [1.54, 1.807) is 13.0 Å². The number of hydrogen-bond donors (Lipinski definition) is 0. The number of hydrogen-bond acceptors (Lipinski definition) is 4. The maximum Gasteiger partial charge on any atom is 0.339 e. The van der Waals surface area contributed by atoms with Gasteiger partial charge in [-0.25, -0.2) is 4.79 Å². The number of esters is 1. The Labute approximate surface area is 130 Å². The van der Waals surface area contributed by atoms with E-state index < -0.39 is 0 Å². The lowest BCUT2D eigenvalue weighted by Gasteiger charge is -2.30. The summed E-state index contributed by atoms with van der Waals surface area (Å²) in [6.07, 6.45) is 8.24. The van der Waals surface area contributed by atoms with Crippen molar-refractivity contribution in [1.82, 2.24) is 4.90 Å². The summed E-state index contributed by atoms with van der Waals surface area (Å²) in [4.78, 5) is 25.6.